The van der Waals surface area contributed by atoms with Crippen molar-refractivity contribution in [3.05, 3.63) is 22.2 Å². The van der Waals surface area contributed by atoms with Crippen molar-refractivity contribution in [3.8, 4) is 0 Å². The lowest BCUT2D eigenvalue weighted by atomic mass is 10.0. The summed E-state index contributed by atoms with van der Waals surface area (Å²) in [5, 5.41) is 8.89. The van der Waals surface area contributed by atoms with Crippen LogP contribution in [0.3, 0.4) is 0 Å². The second kappa shape index (κ2) is 2.21. The Balaban J connectivity index is 2.25. The average Bonchev–Trinajstić information content (AvgIpc) is 2.44. The molecule has 0 spiro atoms. The van der Waals surface area contributed by atoms with Crippen molar-refractivity contribution in [1.82, 2.24) is 0 Å². The van der Waals surface area contributed by atoms with E-state index >= 15 is 0 Å². The van der Waals surface area contributed by atoms with Crippen molar-refractivity contribution in [3.63, 3.8) is 0 Å². The molecule has 0 aromatic carbocycles. The van der Waals surface area contributed by atoms with E-state index < -0.39 is 0 Å². The van der Waals surface area contributed by atoms with E-state index in [4.69, 9.17) is 5.11 Å². The van der Waals surface area contributed by atoms with Gasteiger partial charge >= 0.3 is 0 Å². The van der Waals surface area contributed by atoms with Gasteiger partial charge in [0.2, 0.25) is 0 Å². The highest BCUT2D eigenvalue weighted by molar-refractivity contribution is 9.11. The fourth-order valence-electron chi connectivity index (χ4n) is 1.77. The molecule has 1 nitrogen and oxygen atoms in total. The third-order valence-electron chi connectivity index (χ3n) is 2.27. The Morgan fingerprint density at radius 2 is 2.40 bits per heavy atom. The molecule has 0 amide bonds. The molecule has 2 aliphatic carbocycles. The molecule has 2 atom stereocenters. The van der Waals surface area contributed by atoms with Crippen LogP contribution in [-0.4, -0.2) is 11.7 Å². The highest BCUT2D eigenvalue weighted by Crippen LogP contribution is 2.45. The van der Waals surface area contributed by atoms with Crippen LogP contribution in [0, 0.1) is 11.8 Å². The summed E-state index contributed by atoms with van der Waals surface area (Å²) in [5.74, 6) is 1.11. The molecule has 0 saturated heterocycles. The Labute approximate surface area is 68.6 Å². The molecule has 0 radical (unpaired) electrons. The quantitative estimate of drug-likeness (QED) is 0.641. The summed E-state index contributed by atoms with van der Waals surface area (Å²) in [6.07, 6.45) is 5.58. The first-order valence-electron chi connectivity index (χ1n) is 3.50. The second-order valence-corrected chi connectivity index (χ2v) is 3.82. The van der Waals surface area contributed by atoms with E-state index in [1.165, 1.54) is 16.5 Å². The van der Waals surface area contributed by atoms with Gasteiger partial charge in [0.15, 0.2) is 0 Å². The van der Waals surface area contributed by atoms with Crippen molar-refractivity contribution in [1.29, 1.82) is 0 Å². The number of rotatable bonds is 1. The Morgan fingerprint density at radius 3 is 2.80 bits per heavy atom. The molecule has 0 aromatic heterocycles. The molecule has 0 aliphatic heterocycles. The first-order valence-corrected chi connectivity index (χ1v) is 4.29. The maximum Gasteiger partial charge on any atom is 0.0648 e. The average molecular weight is 201 g/mol. The minimum Gasteiger partial charge on any atom is -0.392 e. The maximum atomic E-state index is 8.89. The number of hydrogen-bond acceptors (Lipinski definition) is 1. The van der Waals surface area contributed by atoms with Crippen LogP contribution in [0.5, 0.6) is 0 Å². The Morgan fingerprint density at radius 1 is 1.60 bits per heavy atom. The van der Waals surface area contributed by atoms with E-state index in [-0.39, 0.29) is 6.61 Å². The fraction of sp³-hybridized carbons (Fsp3) is 0.500. The van der Waals surface area contributed by atoms with Gasteiger partial charge in [-0.2, -0.15) is 0 Å². The van der Waals surface area contributed by atoms with Crippen LogP contribution in [0.4, 0.5) is 0 Å². The molecule has 54 valence electrons. The van der Waals surface area contributed by atoms with Crippen LogP contribution < -0.4 is 0 Å². The normalized spacial score (nSPS) is 36.2. The Hall–Kier alpha value is -0.0800. The lowest BCUT2D eigenvalue weighted by Gasteiger charge is -2.09. The van der Waals surface area contributed by atoms with Crippen molar-refractivity contribution in [2.45, 2.75) is 6.42 Å². The number of fused-ring (bicyclic) bond motifs is 2. The smallest absolute Gasteiger partial charge is 0.0648 e. The van der Waals surface area contributed by atoms with Gasteiger partial charge in [-0.15, -0.1) is 0 Å². The zero-order chi connectivity index (χ0) is 7.14. The molecule has 2 unspecified atom stereocenters. The number of hydrogen-bond donors (Lipinski definition) is 1. The lowest BCUT2D eigenvalue weighted by Crippen LogP contribution is -2.00. The van der Waals surface area contributed by atoms with Gasteiger partial charge in [0, 0.05) is 5.92 Å². The van der Waals surface area contributed by atoms with Gasteiger partial charge in [-0.3, -0.25) is 0 Å². The van der Waals surface area contributed by atoms with Crippen molar-refractivity contribution < 1.29 is 5.11 Å². The van der Waals surface area contributed by atoms with Crippen LogP contribution in [0.25, 0.3) is 0 Å². The molecule has 10 heavy (non-hydrogen) atoms. The minimum absolute atomic E-state index is 0.226. The van der Waals surface area contributed by atoms with Crippen LogP contribution in [0.15, 0.2) is 22.2 Å². The van der Waals surface area contributed by atoms with E-state index in [0.29, 0.717) is 11.8 Å². The zero-order valence-corrected chi connectivity index (χ0v) is 7.13. The van der Waals surface area contributed by atoms with E-state index in [1.54, 1.807) is 0 Å². The van der Waals surface area contributed by atoms with Gasteiger partial charge in [-0.05, 0) is 22.4 Å². The maximum absolute atomic E-state index is 8.89. The molecule has 0 saturated carbocycles. The van der Waals surface area contributed by atoms with Crippen LogP contribution in [0.2, 0.25) is 0 Å². The molecule has 2 heteroatoms. The molecule has 2 aliphatic rings. The summed E-state index contributed by atoms with van der Waals surface area (Å²) in [5.41, 5.74) is 1.19. The Bertz CT molecular complexity index is 217. The van der Waals surface area contributed by atoms with Gasteiger partial charge in [0.25, 0.3) is 0 Å². The molecule has 0 aromatic rings. The van der Waals surface area contributed by atoms with E-state index in [9.17, 15) is 0 Å². The summed E-state index contributed by atoms with van der Waals surface area (Å²) in [7, 11) is 0. The number of aliphatic hydroxyl groups excluding tert-OH is 1. The number of halogens is 1. The van der Waals surface area contributed by atoms with Gasteiger partial charge in [0.1, 0.15) is 0 Å². The van der Waals surface area contributed by atoms with Gasteiger partial charge in [0.05, 0.1) is 6.61 Å². The van der Waals surface area contributed by atoms with Crippen LogP contribution in [-0.2, 0) is 0 Å². The standard InChI is InChI=1S/C8H9BrO/c9-8-3-5-1-6(4-10)7(8)2-5/h1,3,5,7,10H,2,4H2. The molecule has 2 rings (SSSR count). The Kier molecular flexibility index (Phi) is 1.46. The van der Waals surface area contributed by atoms with Crippen LogP contribution >= 0.6 is 15.9 Å². The van der Waals surface area contributed by atoms with Crippen molar-refractivity contribution in [2.24, 2.45) is 11.8 Å². The number of allylic oxidation sites excluding steroid dienone is 3. The van der Waals surface area contributed by atoms with Gasteiger partial charge < -0.3 is 5.11 Å². The minimum atomic E-state index is 0.226. The van der Waals surface area contributed by atoms with Gasteiger partial charge in [-0.25, -0.2) is 0 Å². The highest BCUT2D eigenvalue weighted by atomic mass is 79.9. The van der Waals surface area contributed by atoms with E-state index in [0.717, 1.165) is 0 Å². The SMILES string of the molecule is OCC1=CC2C=C(Br)C1C2. The summed E-state index contributed by atoms with van der Waals surface area (Å²) < 4.78 is 1.27. The zero-order valence-electron chi connectivity index (χ0n) is 5.55. The predicted molar refractivity (Wildman–Crippen MR) is 43.8 cm³/mol. The molecule has 0 heterocycles. The molecule has 0 fully saturated rings. The summed E-state index contributed by atoms with van der Waals surface area (Å²) in [6, 6.07) is 0. The van der Waals surface area contributed by atoms with E-state index in [2.05, 4.69) is 28.1 Å². The first-order chi connectivity index (χ1) is 4.81. The van der Waals surface area contributed by atoms with E-state index in [1.807, 2.05) is 0 Å². The second-order valence-electron chi connectivity index (χ2n) is 2.90. The van der Waals surface area contributed by atoms with Crippen LogP contribution in [0.1, 0.15) is 6.42 Å². The third kappa shape index (κ3) is 0.789. The lowest BCUT2D eigenvalue weighted by molar-refractivity contribution is 0.322. The fourth-order valence-corrected chi connectivity index (χ4v) is 2.59. The molecule has 2 bridgehead atoms. The van der Waals surface area contributed by atoms with Crippen molar-refractivity contribution >= 4 is 15.9 Å². The molecular weight excluding hydrogens is 192 g/mol. The first kappa shape index (κ1) is 6.62. The molecular formula is C8H9BrO. The topological polar surface area (TPSA) is 20.2 Å². The molecule has 1 N–H and O–H groups in total. The summed E-state index contributed by atoms with van der Waals surface area (Å²) >= 11 is 3.49. The highest BCUT2D eigenvalue weighted by Gasteiger charge is 2.32. The largest absolute Gasteiger partial charge is 0.392 e. The third-order valence-corrected chi connectivity index (χ3v) is 3.09. The monoisotopic (exact) mass is 200 g/mol. The van der Waals surface area contributed by atoms with Gasteiger partial charge in [-0.1, -0.05) is 28.1 Å². The predicted octanol–water partition coefficient (Wildman–Crippen LogP) is 1.83. The number of aliphatic hydroxyl groups is 1. The van der Waals surface area contributed by atoms with Crippen molar-refractivity contribution in [2.75, 3.05) is 6.61 Å². The summed E-state index contributed by atoms with van der Waals surface area (Å²) in [4.78, 5) is 0. The summed E-state index contributed by atoms with van der Waals surface area (Å²) in [6.45, 7) is 0.226.